The van der Waals surface area contributed by atoms with E-state index in [9.17, 15) is 9.59 Å². The van der Waals surface area contributed by atoms with Crippen LogP contribution in [0.15, 0.2) is 49.1 Å². The molecule has 26 heavy (non-hydrogen) atoms. The van der Waals surface area contributed by atoms with Crippen LogP contribution in [-0.4, -0.2) is 36.2 Å². The van der Waals surface area contributed by atoms with Crippen LogP contribution in [0, 0.1) is 11.8 Å². The Balaban J connectivity index is 1.78. The van der Waals surface area contributed by atoms with Crippen molar-refractivity contribution in [1.29, 1.82) is 0 Å². The molecule has 3 heterocycles. The molecule has 5 unspecified atom stereocenters. The van der Waals surface area contributed by atoms with Crippen LogP contribution in [0.1, 0.15) is 13.3 Å². The average Bonchev–Trinajstić information content (AvgIpc) is 3.26. The summed E-state index contributed by atoms with van der Waals surface area (Å²) in [6, 6.07) is 6.85. The van der Waals surface area contributed by atoms with E-state index >= 15 is 0 Å². The predicted molar refractivity (Wildman–Crippen MR) is 97.9 cm³/mol. The van der Waals surface area contributed by atoms with Crippen molar-refractivity contribution in [3.8, 4) is 0 Å². The molecule has 3 aliphatic rings. The summed E-state index contributed by atoms with van der Waals surface area (Å²) in [4.78, 5) is 27.6. The van der Waals surface area contributed by atoms with Gasteiger partial charge in [-0.1, -0.05) is 29.8 Å². The van der Waals surface area contributed by atoms with Gasteiger partial charge in [0.05, 0.1) is 24.7 Å². The Bertz CT molecular complexity index is 790. The van der Waals surface area contributed by atoms with Crippen molar-refractivity contribution in [3.63, 3.8) is 0 Å². The fourth-order valence-electron chi connectivity index (χ4n) is 4.51. The van der Waals surface area contributed by atoms with E-state index in [2.05, 4.69) is 6.58 Å². The van der Waals surface area contributed by atoms with Gasteiger partial charge in [-0.15, -0.1) is 6.58 Å². The summed E-state index contributed by atoms with van der Waals surface area (Å²) in [6.45, 7) is 5.87. The number of anilines is 1. The van der Waals surface area contributed by atoms with E-state index in [1.165, 1.54) is 0 Å². The lowest BCUT2D eigenvalue weighted by Gasteiger charge is -2.32. The van der Waals surface area contributed by atoms with Crippen LogP contribution in [0.3, 0.4) is 0 Å². The predicted octanol–water partition coefficient (Wildman–Crippen LogP) is 3.13. The number of benzene rings is 1. The monoisotopic (exact) mass is 373 g/mol. The highest BCUT2D eigenvalue weighted by Gasteiger charge is 2.71. The van der Waals surface area contributed by atoms with Gasteiger partial charge in [0.15, 0.2) is 0 Å². The van der Waals surface area contributed by atoms with Crippen molar-refractivity contribution in [2.75, 3.05) is 11.5 Å². The third kappa shape index (κ3) is 2.27. The van der Waals surface area contributed by atoms with Gasteiger partial charge in [-0.2, -0.15) is 0 Å². The van der Waals surface area contributed by atoms with Crippen molar-refractivity contribution in [1.82, 2.24) is 0 Å². The number of amides is 1. The summed E-state index contributed by atoms with van der Waals surface area (Å²) in [5.74, 6) is -1.70. The summed E-state index contributed by atoms with van der Waals surface area (Å²) in [5.41, 5.74) is -0.0920. The maximum Gasteiger partial charge on any atom is 0.312 e. The summed E-state index contributed by atoms with van der Waals surface area (Å²) in [6.07, 6.45) is 5.74. The molecule has 4 rings (SSSR count). The maximum absolute atomic E-state index is 13.4. The number of fused-ring (bicyclic) bond motifs is 1. The fourth-order valence-corrected chi connectivity index (χ4v) is 4.64. The molecule has 0 saturated carbocycles. The molecule has 1 spiro atoms. The van der Waals surface area contributed by atoms with Gasteiger partial charge in [-0.3, -0.25) is 9.59 Å². The normalized spacial score (nSPS) is 34.2. The van der Waals surface area contributed by atoms with E-state index in [-0.39, 0.29) is 24.5 Å². The maximum atomic E-state index is 13.4. The number of ether oxygens (including phenoxy) is 2. The second-order valence-electron chi connectivity index (χ2n) is 6.78. The zero-order chi connectivity index (χ0) is 18.5. The van der Waals surface area contributed by atoms with Gasteiger partial charge in [-0.25, -0.2) is 0 Å². The molecule has 0 N–H and O–H groups in total. The molecular weight excluding hydrogens is 354 g/mol. The number of esters is 1. The molecule has 0 aliphatic carbocycles. The Hall–Kier alpha value is -2.11. The standard InChI is InChI=1S/C20H20ClNO4/c1-3-5-15-20-11-10-14(26-20)16(19(24)25-4-2)17(20)18(23)22(15)13-8-6-12(21)7-9-13/h3,6-11,14-17H,1,4-5H2,2H3. The molecule has 2 fully saturated rings. The number of halogens is 1. The number of carbonyl (C=O) groups excluding carboxylic acids is 2. The third-order valence-electron chi connectivity index (χ3n) is 5.48. The van der Waals surface area contributed by atoms with Crippen LogP contribution in [0.2, 0.25) is 5.02 Å². The first kappa shape index (κ1) is 17.3. The Morgan fingerprint density at radius 1 is 1.42 bits per heavy atom. The lowest BCUT2D eigenvalue weighted by molar-refractivity contribution is -0.151. The summed E-state index contributed by atoms with van der Waals surface area (Å²) >= 11 is 5.99. The molecule has 1 aromatic carbocycles. The number of hydrogen-bond acceptors (Lipinski definition) is 4. The van der Waals surface area contributed by atoms with E-state index in [1.54, 1.807) is 30.0 Å². The van der Waals surface area contributed by atoms with Gasteiger partial charge >= 0.3 is 5.97 Å². The van der Waals surface area contributed by atoms with E-state index in [0.29, 0.717) is 11.4 Å². The molecule has 2 saturated heterocycles. The number of hydrogen-bond donors (Lipinski definition) is 0. The molecule has 5 atom stereocenters. The first-order valence-corrected chi connectivity index (χ1v) is 9.14. The lowest BCUT2D eigenvalue weighted by atomic mass is 9.74. The fraction of sp³-hybridized carbons (Fsp3) is 0.400. The van der Waals surface area contributed by atoms with Gasteiger partial charge < -0.3 is 14.4 Å². The zero-order valence-corrected chi connectivity index (χ0v) is 15.2. The minimum absolute atomic E-state index is 0.121. The Kier molecular flexibility index (Phi) is 4.16. The minimum Gasteiger partial charge on any atom is -0.466 e. The lowest BCUT2D eigenvalue weighted by Crippen LogP contribution is -2.45. The smallest absolute Gasteiger partial charge is 0.312 e. The van der Waals surface area contributed by atoms with Crippen LogP contribution in [0.25, 0.3) is 0 Å². The van der Waals surface area contributed by atoms with Crippen LogP contribution < -0.4 is 4.90 Å². The molecule has 1 amide bonds. The average molecular weight is 374 g/mol. The number of nitrogens with zero attached hydrogens (tertiary/aromatic N) is 1. The summed E-state index contributed by atoms with van der Waals surface area (Å²) in [5, 5.41) is 0.598. The molecule has 0 aromatic heterocycles. The molecule has 1 aromatic rings. The van der Waals surface area contributed by atoms with Crippen LogP contribution >= 0.6 is 11.6 Å². The SMILES string of the molecule is C=CCC1N(c2ccc(Cl)cc2)C(=O)C2C(C(=O)OCC)C3C=CC21O3. The molecule has 5 nitrogen and oxygen atoms in total. The minimum atomic E-state index is -0.826. The second-order valence-corrected chi connectivity index (χ2v) is 7.21. The van der Waals surface area contributed by atoms with Crippen molar-refractivity contribution in [2.45, 2.75) is 31.1 Å². The molecule has 2 bridgehead atoms. The van der Waals surface area contributed by atoms with Gasteiger partial charge in [-0.05, 0) is 37.6 Å². The highest BCUT2D eigenvalue weighted by molar-refractivity contribution is 6.30. The van der Waals surface area contributed by atoms with Gasteiger partial charge in [0.2, 0.25) is 5.91 Å². The van der Waals surface area contributed by atoms with Gasteiger partial charge in [0.1, 0.15) is 11.5 Å². The van der Waals surface area contributed by atoms with Crippen LogP contribution in [0.4, 0.5) is 5.69 Å². The molecule has 6 heteroatoms. The third-order valence-corrected chi connectivity index (χ3v) is 5.73. The first-order chi connectivity index (χ1) is 12.5. The highest BCUT2D eigenvalue weighted by atomic mass is 35.5. The molecule has 0 radical (unpaired) electrons. The number of rotatable bonds is 5. The van der Waals surface area contributed by atoms with Crippen LogP contribution in [-0.2, 0) is 19.1 Å². The van der Waals surface area contributed by atoms with Crippen molar-refractivity contribution >= 4 is 29.2 Å². The Morgan fingerprint density at radius 2 is 2.15 bits per heavy atom. The highest BCUT2D eigenvalue weighted by Crippen LogP contribution is 2.56. The Labute approximate surface area is 157 Å². The quantitative estimate of drug-likeness (QED) is 0.587. The second kappa shape index (κ2) is 6.25. The van der Waals surface area contributed by atoms with E-state index < -0.39 is 23.5 Å². The summed E-state index contributed by atoms with van der Waals surface area (Å²) < 4.78 is 11.4. The van der Waals surface area contributed by atoms with E-state index in [0.717, 1.165) is 5.69 Å². The summed E-state index contributed by atoms with van der Waals surface area (Å²) in [7, 11) is 0. The van der Waals surface area contributed by atoms with E-state index in [1.807, 2.05) is 24.3 Å². The largest absolute Gasteiger partial charge is 0.466 e. The topological polar surface area (TPSA) is 55.8 Å². The first-order valence-electron chi connectivity index (χ1n) is 8.77. The van der Waals surface area contributed by atoms with Crippen molar-refractivity contribution in [3.05, 3.63) is 54.1 Å². The molecular formula is C20H20ClNO4. The zero-order valence-electron chi connectivity index (χ0n) is 14.4. The van der Waals surface area contributed by atoms with Gasteiger partial charge in [0.25, 0.3) is 0 Å². The molecule has 3 aliphatic heterocycles. The number of carbonyl (C=O) groups is 2. The van der Waals surface area contributed by atoms with Gasteiger partial charge in [0, 0.05) is 10.7 Å². The molecule has 136 valence electrons. The van der Waals surface area contributed by atoms with E-state index in [4.69, 9.17) is 21.1 Å². The van der Waals surface area contributed by atoms with Crippen LogP contribution in [0.5, 0.6) is 0 Å². The Morgan fingerprint density at radius 3 is 2.81 bits per heavy atom. The van der Waals surface area contributed by atoms with Crippen molar-refractivity contribution < 1.29 is 19.1 Å². The van der Waals surface area contributed by atoms with Crippen molar-refractivity contribution in [2.24, 2.45) is 11.8 Å².